The number of rotatable bonds is 5. The quantitative estimate of drug-likeness (QED) is 0.452. The number of hydrogen-bond acceptors (Lipinski definition) is 5. The number of hydrogen-bond donors (Lipinski definition) is 2. The summed E-state index contributed by atoms with van der Waals surface area (Å²) in [4.78, 5) is 7.90. The monoisotopic (exact) mass is 238 g/mol. The molecule has 0 unspecified atom stereocenters. The summed E-state index contributed by atoms with van der Waals surface area (Å²) in [7, 11) is 0. The van der Waals surface area contributed by atoms with Gasteiger partial charge in [0.2, 0.25) is 5.88 Å². The molecular formula is C11H18N4O2. The van der Waals surface area contributed by atoms with Gasteiger partial charge in [0.1, 0.15) is 18.1 Å². The van der Waals surface area contributed by atoms with Crippen LogP contribution < -0.4 is 10.5 Å². The molecule has 0 aromatic carbocycles. The van der Waals surface area contributed by atoms with Gasteiger partial charge in [0.05, 0.1) is 24.6 Å². The van der Waals surface area contributed by atoms with Gasteiger partial charge in [0.25, 0.3) is 0 Å². The Morgan fingerprint density at radius 2 is 2.00 bits per heavy atom. The number of aromatic nitrogens is 2. The van der Waals surface area contributed by atoms with E-state index in [1.165, 1.54) is 12.4 Å². The minimum absolute atomic E-state index is 0.111. The Balaban J connectivity index is 2.35. The van der Waals surface area contributed by atoms with Crippen LogP contribution in [-0.4, -0.2) is 34.6 Å². The van der Waals surface area contributed by atoms with Crippen LogP contribution in [0.4, 0.5) is 0 Å². The zero-order valence-electron chi connectivity index (χ0n) is 10.4. The third-order valence-electron chi connectivity index (χ3n) is 1.77. The fraction of sp³-hybridized carbons (Fsp3) is 0.545. The second-order valence-electron chi connectivity index (χ2n) is 4.46. The topological polar surface area (TPSA) is 94.1 Å². The van der Waals surface area contributed by atoms with Gasteiger partial charge >= 0.3 is 0 Å². The summed E-state index contributed by atoms with van der Waals surface area (Å²) in [5, 5.41) is 7.16. The van der Waals surface area contributed by atoms with Crippen molar-refractivity contribution in [2.24, 2.45) is 5.73 Å². The van der Waals surface area contributed by atoms with Gasteiger partial charge in [-0.25, -0.2) is 9.97 Å². The first-order valence-corrected chi connectivity index (χ1v) is 5.32. The fourth-order valence-corrected chi connectivity index (χ4v) is 1.02. The van der Waals surface area contributed by atoms with E-state index >= 15 is 0 Å². The van der Waals surface area contributed by atoms with E-state index in [1.807, 2.05) is 20.8 Å². The second kappa shape index (κ2) is 5.58. The van der Waals surface area contributed by atoms with E-state index < -0.39 is 0 Å². The predicted molar refractivity (Wildman–Crippen MR) is 64.2 cm³/mol. The molecule has 0 amide bonds. The molecule has 0 aliphatic heterocycles. The third kappa shape index (κ3) is 5.26. The van der Waals surface area contributed by atoms with Crippen LogP contribution >= 0.6 is 0 Å². The van der Waals surface area contributed by atoms with E-state index in [4.69, 9.17) is 20.6 Å². The highest BCUT2D eigenvalue weighted by Crippen LogP contribution is 2.07. The van der Waals surface area contributed by atoms with E-state index in [1.54, 1.807) is 0 Å². The molecule has 0 bridgehead atoms. The minimum Gasteiger partial charge on any atom is -0.474 e. The van der Waals surface area contributed by atoms with E-state index in [2.05, 4.69) is 9.97 Å². The molecule has 3 N–H and O–H groups in total. The lowest BCUT2D eigenvalue weighted by atomic mass is 10.2. The molecular weight excluding hydrogens is 220 g/mol. The van der Waals surface area contributed by atoms with Crippen molar-refractivity contribution in [3.05, 3.63) is 18.1 Å². The number of amidine groups is 1. The zero-order valence-corrected chi connectivity index (χ0v) is 10.4. The highest BCUT2D eigenvalue weighted by atomic mass is 16.5. The van der Waals surface area contributed by atoms with Crippen LogP contribution in [0.3, 0.4) is 0 Å². The van der Waals surface area contributed by atoms with Crippen molar-refractivity contribution in [3.63, 3.8) is 0 Å². The number of nitrogens with one attached hydrogen (secondary N) is 1. The minimum atomic E-state index is -0.173. The van der Waals surface area contributed by atoms with Crippen molar-refractivity contribution in [2.45, 2.75) is 26.4 Å². The molecule has 0 aliphatic carbocycles. The maximum Gasteiger partial charge on any atom is 0.232 e. The molecule has 6 nitrogen and oxygen atoms in total. The lowest BCUT2D eigenvalue weighted by Crippen LogP contribution is -2.22. The van der Waals surface area contributed by atoms with Crippen LogP contribution in [-0.2, 0) is 4.74 Å². The first-order valence-electron chi connectivity index (χ1n) is 5.32. The highest BCUT2D eigenvalue weighted by molar-refractivity contribution is 5.92. The lowest BCUT2D eigenvalue weighted by molar-refractivity contribution is -0.0168. The Bertz CT molecular complexity index is 370. The molecule has 94 valence electrons. The molecule has 0 radical (unpaired) electrons. The average Bonchev–Trinajstić information content (AvgIpc) is 2.24. The van der Waals surface area contributed by atoms with E-state index in [0.29, 0.717) is 24.8 Å². The number of nitrogens with two attached hydrogens (primary N) is 1. The van der Waals surface area contributed by atoms with E-state index in [9.17, 15) is 0 Å². The SMILES string of the molecule is CC(C)(C)OCCOc1cnc(C(=N)N)cn1. The number of nitrogen functional groups attached to an aromatic ring is 1. The first kappa shape index (κ1) is 13.4. The standard InChI is InChI=1S/C11H18N4O2/c1-11(2,3)17-5-4-16-9-7-14-8(6-15-9)10(12)13/h6-7H,4-5H2,1-3H3,(H3,12,13). The smallest absolute Gasteiger partial charge is 0.232 e. The summed E-state index contributed by atoms with van der Waals surface area (Å²) < 4.78 is 10.8. The normalized spacial score (nSPS) is 11.2. The fourth-order valence-electron chi connectivity index (χ4n) is 1.02. The van der Waals surface area contributed by atoms with Crippen LogP contribution in [0.15, 0.2) is 12.4 Å². The average molecular weight is 238 g/mol. The third-order valence-corrected chi connectivity index (χ3v) is 1.77. The summed E-state index contributed by atoms with van der Waals surface area (Å²) in [5.74, 6) is 0.285. The van der Waals surface area contributed by atoms with Gasteiger partial charge in [-0.05, 0) is 20.8 Å². The summed E-state index contributed by atoms with van der Waals surface area (Å²) in [6, 6.07) is 0. The molecule has 1 aromatic rings. The summed E-state index contributed by atoms with van der Waals surface area (Å²) in [5.41, 5.74) is 5.42. The Labute approximate surface area is 101 Å². The van der Waals surface area contributed by atoms with Crippen molar-refractivity contribution >= 4 is 5.84 Å². The molecule has 1 aromatic heterocycles. The van der Waals surface area contributed by atoms with Crippen LogP contribution in [0.2, 0.25) is 0 Å². The van der Waals surface area contributed by atoms with Crippen LogP contribution in [0.1, 0.15) is 26.5 Å². The number of nitrogens with zero attached hydrogens (tertiary/aromatic N) is 2. The van der Waals surface area contributed by atoms with Crippen molar-refractivity contribution < 1.29 is 9.47 Å². The number of ether oxygens (including phenoxy) is 2. The van der Waals surface area contributed by atoms with E-state index in [-0.39, 0.29) is 11.4 Å². The second-order valence-corrected chi connectivity index (χ2v) is 4.46. The van der Waals surface area contributed by atoms with Gasteiger partial charge in [0.15, 0.2) is 0 Å². The van der Waals surface area contributed by atoms with Crippen molar-refractivity contribution in [3.8, 4) is 5.88 Å². The van der Waals surface area contributed by atoms with Crippen LogP contribution in [0.5, 0.6) is 5.88 Å². The van der Waals surface area contributed by atoms with Gasteiger partial charge in [-0.2, -0.15) is 0 Å². The Hall–Kier alpha value is -1.69. The van der Waals surface area contributed by atoms with Crippen molar-refractivity contribution in [1.29, 1.82) is 5.41 Å². The molecule has 17 heavy (non-hydrogen) atoms. The zero-order chi connectivity index (χ0) is 12.9. The highest BCUT2D eigenvalue weighted by Gasteiger charge is 2.09. The first-order chi connectivity index (χ1) is 7.88. The summed E-state index contributed by atoms with van der Waals surface area (Å²) in [6.07, 6.45) is 2.84. The Morgan fingerprint density at radius 3 is 2.47 bits per heavy atom. The van der Waals surface area contributed by atoms with Gasteiger partial charge in [-0.15, -0.1) is 0 Å². The molecule has 0 atom stereocenters. The maximum absolute atomic E-state index is 7.16. The predicted octanol–water partition coefficient (Wildman–Crippen LogP) is 0.955. The van der Waals surface area contributed by atoms with Gasteiger partial charge in [-0.1, -0.05) is 0 Å². The van der Waals surface area contributed by atoms with Crippen LogP contribution in [0, 0.1) is 5.41 Å². The molecule has 0 saturated heterocycles. The Morgan fingerprint density at radius 1 is 1.29 bits per heavy atom. The Kier molecular flexibility index (Phi) is 4.39. The van der Waals surface area contributed by atoms with Crippen molar-refractivity contribution in [2.75, 3.05) is 13.2 Å². The van der Waals surface area contributed by atoms with Gasteiger partial charge < -0.3 is 15.2 Å². The maximum atomic E-state index is 7.16. The molecule has 0 spiro atoms. The van der Waals surface area contributed by atoms with Gasteiger partial charge in [-0.3, -0.25) is 5.41 Å². The van der Waals surface area contributed by atoms with Crippen LogP contribution in [0.25, 0.3) is 0 Å². The van der Waals surface area contributed by atoms with Crippen molar-refractivity contribution in [1.82, 2.24) is 9.97 Å². The summed E-state index contributed by atoms with van der Waals surface area (Å²) in [6.45, 7) is 6.84. The lowest BCUT2D eigenvalue weighted by Gasteiger charge is -2.19. The summed E-state index contributed by atoms with van der Waals surface area (Å²) >= 11 is 0. The van der Waals surface area contributed by atoms with E-state index in [0.717, 1.165) is 0 Å². The molecule has 1 rings (SSSR count). The largest absolute Gasteiger partial charge is 0.474 e. The van der Waals surface area contributed by atoms with Gasteiger partial charge in [0, 0.05) is 0 Å². The molecule has 0 saturated carbocycles. The molecule has 0 aliphatic rings. The molecule has 6 heteroatoms. The molecule has 0 fully saturated rings. The molecule has 1 heterocycles.